The zero-order chi connectivity index (χ0) is 18.8. The summed E-state index contributed by atoms with van der Waals surface area (Å²) in [7, 11) is 0. The molecule has 0 saturated heterocycles. The monoisotopic (exact) mass is 378 g/mol. The number of pyridine rings is 1. The van der Waals surface area contributed by atoms with Crippen molar-refractivity contribution < 1.29 is 19.4 Å². The SMILES string of the molecule is CCOC(=O)c1cnc2ccc3c(NCc4ccco4)c(C#N)ccc3n12.O. The average Bonchev–Trinajstić information content (AvgIpc) is 3.35. The van der Waals surface area contributed by atoms with Gasteiger partial charge in [-0.3, -0.25) is 4.40 Å². The highest BCUT2D eigenvalue weighted by Crippen LogP contribution is 2.29. The van der Waals surface area contributed by atoms with E-state index in [-0.39, 0.29) is 12.1 Å². The first kappa shape index (κ1) is 18.9. The minimum absolute atomic E-state index is 0. The summed E-state index contributed by atoms with van der Waals surface area (Å²) in [6.07, 6.45) is 3.10. The zero-order valence-electron chi connectivity index (χ0n) is 15.1. The maximum Gasteiger partial charge on any atom is 0.356 e. The molecule has 8 heteroatoms. The Bertz CT molecular complexity index is 1170. The van der Waals surface area contributed by atoms with Crippen molar-refractivity contribution in [2.45, 2.75) is 13.5 Å². The summed E-state index contributed by atoms with van der Waals surface area (Å²) in [5.74, 6) is 0.318. The number of imidazole rings is 1. The molecule has 142 valence electrons. The number of carbonyl (C=O) groups excluding carboxylic acids is 1. The maximum absolute atomic E-state index is 12.3. The molecule has 3 aromatic heterocycles. The van der Waals surface area contributed by atoms with Crippen LogP contribution in [0.2, 0.25) is 0 Å². The first-order valence-corrected chi connectivity index (χ1v) is 8.49. The van der Waals surface area contributed by atoms with Gasteiger partial charge in [0.25, 0.3) is 0 Å². The van der Waals surface area contributed by atoms with E-state index < -0.39 is 5.97 Å². The van der Waals surface area contributed by atoms with Gasteiger partial charge in [-0.2, -0.15) is 5.26 Å². The highest BCUT2D eigenvalue weighted by Gasteiger charge is 2.17. The smallest absolute Gasteiger partial charge is 0.356 e. The number of hydrogen-bond acceptors (Lipinski definition) is 6. The van der Waals surface area contributed by atoms with Crippen LogP contribution >= 0.6 is 0 Å². The molecule has 0 saturated carbocycles. The summed E-state index contributed by atoms with van der Waals surface area (Å²) in [4.78, 5) is 16.6. The number of fused-ring (bicyclic) bond motifs is 3. The summed E-state index contributed by atoms with van der Waals surface area (Å²) in [5.41, 5.74) is 2.92. The minimum Gasteiger partial charge on any atom is -0.467 e. The molecule has 8 nitrogen and oxygen atoms in total. The van der Waals surface area contributed by atoms with Crippen LogP contribution in [0.3, 0.4) is 0 Å². The Labute approximate surface area is 160 Å². The van der Waals surface area contributed by atoms with Crippen LogP contribution in [0.1, 0.15) is 28.7 Å². The van der Waals surface area contributed by atoms with E-state index >= 15 is 0 Å². The fourth-order valence-electron chi connectivity index (χ4n) is 3.09. The Morgan fingerprint density at radius 1 is 1.32 bits per heavy atom. The van der Waals surface area contributed by atoms with Crippen LogP contribution in [-0.4, -0.2) is 27.4 Å². The van der Waals surface area contributed by atoms with Crippen molar-refractivity contribution >= 4 is 28.2 Å². The lowest BCUT2D eigenvalue weighted by Gasteiger charge is -2.13. The molecular formula is C20H18N4O4. The standard InChI is InChI=1S/C20H16N4O3.H2O/c1-2-26-20(25)17-12-22-18-8-6-15-16(24(17)18)7-5-13(10-21)19(15)23-11-14-4-3-9-27-14;/h3-9,12,23H,2,11H2,1H3;1H2. The molecular weight excluding hydrogens is 360 g/mol. The van der Waals surface area contributed by atoms with Gasteiger partial charge in [-0.1, -0.05) is 0 Å². The third-order valence-corrected chi connectivity index (χ3v) is 4.28. The minimum atomic E-state index is -0.438. The van der Waals surface area contributed by atoms with Crippen LogP contribution in [0.15, 0.2) is 53.3 Å². The lowest BCUT2D eigenvalue weighted by molar-refractivity contribution is 0.0518. The summed E-state index contributed by atoms with van der Waals surface area (Å²) in [5, 5.41) is 13.6. The number of ether oxygens (including phenoxy) is 1. The Morgan fingerprint density at radius 3 is 2.89 bits per heavy atom. The number of hydrogen-bond donors (Lipinski definition) is 1. The number of nitrogens with one attached hydrogen (secondary N) is 1. The highest BCUT2D eigenvalue weighted by atomic mass is 16.5. The molecule has 28 heavy (non-hydrogen) atoms. The van der Waals surface area contributed by atoms with E-state index in [1.165, 1.54) is 6.20 Å². The average molecular weight is 378 g/mol. The Kier molecular flexibility index (Phi) is 5.29. The van der Waals surface area contributed by atoms with Crippen LogP contribution in [0.5, 0.6) is 0 Å². The lowest BCUT2D eigenvalue weighted by atomic mass is 10.1. The van der Waals surface area contributed by atoms with Crippen LogP contribution in [-0.2, 0) is 11.3 Å². The molecule has 0 aliphatic heterocycles. The molecule has 3 heterocycles. The number of aromatic nitrogens is 2. The van der Waals surface area contributed by atoms with Crippen molar-refractivity contribution in [1.82, 2.24) is 9.38 Å². The molecule has 0 unspecified atom stereocenters. The van der Waals surface area contributed by atoms with E-state index in [0.29, 0.717) is 29.1 Å². The van der Waals surface area contributed by atoms with E-state index in [0.717, 1.165) is 16.7 Å². The molecule has 0 spiro atoms. The van der Waals surface area contributed by atoms with Crippen molar-refractivity contribution in [2.75, 3.05) is 11.9 Å². The van der Waals surface area contributed by atoms with Gasteiger partial charge in [-0.05, 0) is 43.3 Å². The molecule has 0 bridgehead atoms. The quantitative estimate of drug-likeness (QED) is 0.532. The van der Waals surface area contributed by atoms with Crippen molar-refractivity contribution in [1.29, 1.82) is 5.26 Å². The van der Waals surface area contributed by atoms with Crippen LogP contribution in [0.4, 0.5) is 5.69 Å². The van der Waals surface area contributed by atoms with Crippen LogP contribution < -0.4 is 5.32 Å². The van der Waals surface area contributed by atoms with Crippen molar-refractivity contribution in [3.05, 3.63) is 65.9 Å². The summed E-state index contributed by atoms with van der Waals surface area (Å²) >= 11 is 0. The van der Waals surface area contributed by atoms with Gasteiger partial charge < -0.3 is 19.9 Å². The summed E-state index contributed by atoms with van der Waals surface area (Å²) < 4.78 is 12.2. The van der Waals surface area contributed by atoms with Gasteiger partial charge in [0.15, 0.2) is 5.69 Å². The number of nitriles is 1. The van der Waals surface area contributed by atoms with Gasteiger partial charge >= 0.3 is 5.97 Å². The van der Waals surface area contributed by atoms with Gasteiger partial charge in [-0.15, -0.1) is 0 Å². The second kappa shape index (κ2) is 7.82. The van der Waals surface area contributed by atoms with E-state index in [1.54, 1.807) is 23.7 Å². The largest absolute Gasteiger partial charge is 0.467 e. The third kappa shape index (κ3) is 3.15. The van der Waals surface area contributed by atoms with Crippen molar-refractivity contribution in [2.24, 2.45) is 0 Å². The number of carbonyl (C=O) groups is 1. The van der Waals surface area contributed by atoms with Crippen molar-refractivity contribution in [3.63, 3.8) is 0 Å². The van der Waals surface area contributed by atoms with E-state index in [1.807, 2.05) is 30.3 Å². The Balaban J connectivity index is 0.00000225. The van der Waals surface area contributed by atoms with Gasteiger partial charge in [0, 0.05) is 5.39 Å². The summed E-state index contributed by atoms with van der Waals surface area (Å²) in [6.45, 7) is 2.48. The molecule has 3 N–H and O–H groups in total. The molecule has 4 aromatic rings. The third-order valence-electron chi connectivity index (χ3n) is 4.28. The Hall–Kier alpha value is -3.83. The van der Waals surface area contributed by atoms with Crippen molar-refractivity contribution in [3.8, 4) is 6.07 Å². The second-order valence-corrected chi connectivity index (χ2v) is 5.86. The number of furan rings is 1. The highest BCUT2D eigenvalue weighted by molar-refractivity contribution is 5.98. The zero-order valence-corrected chi connectivity index (χ0v) is 15.1. The predicted molar refractivity (Wildman–Crippen MR) is 103 cm³/mol. The number of esters is 1. The van der Waals surface area contributed by atoms with Gasteiger partial charge in [0.05, 0.1) is 42.4 Å². The fraction of sp³-hybridized carbons (Fsp3) is 0.150. The number of nitrogens with zero attached hydrogens (tertiary/aromatic N) is 3. The molecule has 0 aliphatic rings. The van der Waals surface area contributed by atoms with E-state index in [4.69, 9.17) is 9.15 Å². The molecule has 4 rings (SSSR count). The molecule has 0 atom stereocenters. The fourth-order valence-corrected chi connectivity index (χ4v) is 3.09. The van der Waals surface area contributed by atoms with Gasteiger partial charge in [0.2, 0.25) is 0 Å². The topological polar surface area (TPSA) is 124 Å². The second-order valence-electron chi connectivity index (χ2n) is 5.86. The number of anilines is 1. The molecule has 0 fully saturated rings. The molecule has 0 amide bonds. The van der Waals surface area contributed by atoms with E-state index in [2.05, 4.69) is 16.4 Å². The maximum atomic E-state index is 12.3. The molecule has 0 radical (unpaired) electrons. The number of rotatable bonds is 5. The van der Waals surface area contributed by atoms with Gasteiger partial charge in [0.1, 0.15) is 17.5 Å². The molecule has 0 aliphatic carbocycles. The first-order valence-electron chi connectivity index (χ1n) is 8.49. The van der Waals surface area contributed by atoms with E-state index in [9.17, 15) is 10.1 Å². The predicted octanol–water partition coefficient (Wildman–Crippen LogP) is 2.92. The van der Waals surface area contributed by atoms with Gasteiger partial charge in [-0.25, -0.2) is 9.78 Å². The number of benzene rings is 1. The summed E-state index contributed by atoms with van der Waals surface area (Å²) in [6, 6.07) is 13.1. The lowest BCUT2D eigenvalue weighted by Crippen LogP contribution is -2.09. The van der Waals surface area contributed by atoms with Crippen LogP contribution in [0.25, 0.3) is 16.6 Å². The first-order chi connectivity index (χ1) is 13.2. The normalized spacial score (nSPS) is 10.4. The Morgan fingerprint density at radius 2 is 2.18 bits per heavy atom. The molecule has 1 aromatic carbocycles. The van der Waals surface area contributed by atoms with Crippen LogP contribution in [0, 0.1) is 11.3 Å².